The number of thioether (sulfide) groups is 1. The van der Waals surface area contributed by atoms with Gasteiger partial charge in [0.05, 0.1) is 12.9 Å². The van der Waals surface area contributed by atoms with Gasteiger partial charge in [-0.05, 0) is 24.1 Å². The summed E-state index contributed by atoms with van der Waals surface area (Å²) in [5.41, 5.74) is 0.863. The highest BCUT2D eigenvalue weighted by Crippen LogP contribution is 2.33. The molecule has 0 fully saturated rings. The zero-order valence-corrected chi connectivity index (χ0v) is 11.6. The van der Waals surface area contributed by atoms with Crippen molar-refractivity contribution in [1.29, 1.82) is 0 Å². The first-order chi connectivity index (χ1) is 9.60. The van der Waals surface area contributed by atoms with Crippen molar-refractivity contribution in [2.45, 2.75) is 11.7 Å². The summed E-state index contributed by atoms with van der Waals surface area (Å²) in [4.78, 5) is 22.3. The first-order valence-electron chi connectivity index (χ1n) is 5.90. The molecular weight excluding hydrogens is 284 g/mol. The molecule has 1 heterocycles. The molecule has 20 heavy (non-hydrogen) atoms. The Hall–Kier alpha value is -1.89. The third-order valence-electron chi connectivity index (χ3n) is 2.73. The smallest absolute Gasteiger partial charge is 0.319 e. The van der Waals surface area contributed by atoms with Crippen molar-refractivity contribution in [3.8, 4) is 11.5 Å². The van der Waals surface area contributed by atoms with Crippen molar-refractivity contribution in [3.63, 3.8) is 0 Å². The molecule has 1 N–H and O–H groups in total. The van der Waals surface area contributed by atoms with Gasteiger partial charge in [0.25, 0.3) is 0 Å². The van der Waals surface area contributed by atoms with Gasteiger partial charge in [0.1, 0.15) is 5.25 Å². The van der Waals surface area contributed by atoms with Gasteiger partial charge in [0.2, 0.25) is 6.79 Å². The van der Waals surface area contributed by atoms with Crippen LogP contribution in [0, 0.1) is 0 Å². The van der Waals surface area contributed by atoms with Crippen LogP contribution in [0.5, 0.6) is 11.5 Å². The van der Waals surface area contributed by atoms with Crippen LogP contribution in [0.2, 0.25) is 0 Å². The summed E-state index contributed by atoms with van der Waals surface area (Å²) >= 11 is 1.04. The van der Waals surface area contributed by atoms with Crippen LogP contribution < -0.4 is 9.47 Å². The molecule has 0 aromatic heterocycles. The monoisotopic (exact) mass is 298 g/mol. The number of methoxy groups -OCH3 is 1. The molecule has 1 aliphatic rings. The quantitative estimate of drug-likeness (QED) is 0.793. The summed E-state index contributed by atoms with van der Waals surface area (Å²) in [6, 6.07) is 5.39. The second kappa shape index (κ2) is 6.51. The van der Waals surface area contributed by atoms with Crippen molar-refractivity contribution >= 4 is 23.7 Å². The summed E-state index contributed by atoms with van der Waals surface area (Å²) in [6.07, 6.45) is 0.376. The average Bonchev–Trinajstić information content (AvgIpc) is 2.89. The van der Waals surface area contributed by atoms with Crippen LogP contribution in [0.25, 0.3) is 0 Å². The number of rotatable bonds is 6. The van der Waals surface area contributed by atoms with Gasteiger partial charge < -0.3 is 19.3 Å². The highest BCUT2D eigenvalue weighted by atomic mass is 32.2. The van der Waals surface area contributed by atoms with E-state index in [9.17, 15) is 9.59 Å². The number of hydrogen-bond acceptors (Lipinski definition) is 6. The number of carbonyl (C=O) groups is 2. The molecule has 108 valence electrons. The Labute approximate surface area is 120 Å². The summed E-state index contributed by atoms with van der Waals surface area (Å²) in [5, 5.41) is 8.14. The van der Waals surface area contributed by atoms with E-state index in [2.05, 4.69) is 0 Å². The molecule has 0 spiro atoms. The minimum Gasteiger partial charge on any atom is -0.481 e. The van der Waals surface area contributed by atoms with Gasteiger partial charge in [-0.3, -0.25) is 9.59 Å². The average molecular weight is 298 g/mol. The third kappa shape index (κ3) is 3.57. The molecule has 6 nitrogen and oxygen atoms in total. The van der Waals surface area contributed by atoms with E-state index in [4.69, 9.17) is 19.3 Å². The number of ether oxygens (including phenoxy) is 3. The Morgan fingerprint density at radius 1 is 1.40 bits per heavy atom. The number of carboxylic acids is 1. The third-order valence-corrected chi connectivity index (χ3v) is 3.91. The fraction of sp³-hybridized carbons (Fsp3) is 0.385. The van der Waals surface area contributed by atoms with Crippen LogP contribution in [0.4, 0.5) is 0 Å². The highest BCUT2D eigenvalue weighted by Gasteiger charge is 2.23. The molecule has 0 radical (unpaired) electrons. The lowest BCUT2D eigenvalue weighted by Gasteiger charge is -2.13. The number of benzene rings is 1. The summed E-state index contributed by atoms with van der Waals surface area (Å²) in [6.45, 7) is 0.187. The fourth-order valence-corrected chi connectivity index (χ4v) is 2.68. The molecule has 1 aliphatic heterocycles. The van der Waals surface area contributed by atoms with Crippen LogP contribution in [-0.4, -0.2) is 42.0 Å². The lowest BCUT2D eigenvalue weighted by molar-refractivity contribution is -0.139. The van der Waals surface area contributed by atoms with Gasteiger partial charge in [-0.25, -0.2) is 0 Å². The Morgan fingerprint density at radius 2 is 2.15 bits per heavy atom. The summed E-state index contributed by atoms with van der Waals surface area (Å²) in [7, 11) is 1.29. The predicted molar refractivity (Wildman–Crippen MR) is 72.2 cm³/mol. The second-order valence-corrected chi connectivity index (χ2v) is 5.30. The predicted octanol–water partition coefficient (Wildman–Crippen LogP) is 1.32. The maximum absolute atomic E-state index is 11.7. The van der Waals surface area contributed by atoms with Crippen molar-refractivity contribution in [2.24, 2.45) is 0 Å². The molecule has 0 saturated carbocycles. The molecule has 0 aliphatic carbocycles. The Balaban J connectivity index is 2.06. The molecule has 0 amide bonds. The normalized spacial score (nSPS) is 13.8. The van der Waals surface area contributed by atoms with Crippen molar-refractivity contribution < 1.29 is 28.9 Å². The second-order valence-electron chi connectivity index (χ2n) is 4.11. The highest BCUT2D eigenvalue weighted by molar-refractivity contribution is 8.01. The van der Waals surface area contributed by atoms with E-state index in [0.29, 0.717) is 17.9 Å². The maximum Gasteiger partial charge on any atom is 0.319 e. The van der Waals surface area contributed by atoms with E-state index in [1.807, 2.05) is 6.07 Å². The molecule has 1 unspecified atom stereocenters. The number of hydrogen-bond donors (Lipinski definition) is 1. The molecule has 1 aromatic carbocycles. The van der Waals surface area contributed by atoms with Crippen molar-refractivity contribution in [1.82, 2.24) is 0 Å². The van der Waals surface area contributed by atoms with Gasteiger partial charge >= 0.3 is 11.9 Å². The largest absolute Gasteiger partial charge is 0.481 e. The zero-order valence-electron chi connectivity index (χ0n) is 10.8. The van der Waals surface area contributed by atoms with Crippen LogP contribution >= 0.6 is 11.8 Å². The summed E-state index contributed by atoms with van der Waals surface area (Å²) < 4.78 is 15.2. The summed E-state index contributed by atoms with van der Waals surface area (Å²) in [5.74, 6) is -0.246. The topological polar surface area (TPSA) is 82.1 Å². The van der Waals surface area contributed by atoms with Crippen LogP contribution in [0.3, 0.4) is 0 Å². The van der Waals surface area contributed by atoms with Gasteiger partial charge in [-0.15, -0.1) is 11.8 Å². The van der Waals surface area contributed by atoms with Gasteiger partial charge in [-0.1, -0.05) is 6.07 Å². The minimum atomic E-state index is -0.963. The molecule has 7 heteroatoms. The molecular formula is C13H14O6S. The van der Waals surface area contributed by atoms with Gasteiger partial charge in [0, 0.05) is 0 Å². The van der Waals surface area contributed by atoms with E-state index in [1.54, 1.807) is 12.1 Å². The van der Waals surface area contributed by atoms with Gasteiger partial charge in [-0.2, -0.15) is 0 Å². The molecule has 0 saturated heterocycles. The van der Waals surface area contributed by atoms with E-state index in [1.165, 1.54) is 7.11 Å². The Morgan fingerprint density at radius 3 is 2.85 bits per heavy atom. The fourth-order valence-electron chi connectivity index (χ4n) is 1.80. The van der Waals surface area contributed by atoms with Gasteiger partial charge in [0.15, 0.2) is 11.5 Å². The Kier molecular flexibility index (Phi) is 4.73. The lowest BCUT2D eigenvalue weighted by atomic mass is 10.1. The zero-order chi connectivity index (χ0) is 14.5. The van der Waals surface area contributed by atoms with Crippen LogP contribution in [0.15, 0.2) is 18.2 Å². The van der Waals surface area contributed by atoms with Crippen molar-refractivity contribution in [3.05, 3.63) is 23.8 Å². The first kappa shape index (κ1) is 14.5. The number of fused-ring (bicyclic) bond motifs is 1. The van der Waals surface area contributed by atoms with E-state index in [0.717, 1.165) is 17.3 Å². The Bertz CT molecular complexity index is 516. The molecule has 1 atom stereocenters. The number of carbonyl (C=O) groups excluding carboxylic acids is 1. The number of esters is 1. The van der Waals surface area contributed by atoms with E-state index < -0.39 is 17.2 Å². The lowest BCUT2D eigenvalue weighted by Crippen LogP contribution is -2.23. The maximum atomic E-state index is 11.7. The molecule has 0 bridgehead atoms. The van der Waals surface area contributed by atoms with E-state index in [-0.39, 0.29) is 12.5 Å². The first-order valence-corrected chi connectivity index (χ1v) is 6.95. The molecule has 1 aromatic rings. The number of carboxylic acid groups (broad SMARTS) is 1. The minimum absolute atomic E-state index is 0.148. The number of aliphatic carboxylic acids is 1. The molecule has 2 rings (SSSR count). The van der Waals surface area contributed by atoms with Crippen LogP contribution in [-0.2, 0) is 20.7 Å². The van der Waals surface area contributed by atoms with E-state index >= 15 is 0 Å². The SMILES string of the molecule is COC(=O)C(Cc1ccc2c(c1)OCO2)SCC(=O)O. The van der Waals surface area contributed by atoms with Crippen LogP contribution in [0.1, 0.15) is 5.56 Å². The van der Waals surface area contributed by atoms with Crippen molar-refractivity contribution in [2.75, 3.05) is 19.7 Å². The standard InChI is InChI=1S/C13H14O6S/c1-17-13(16)11(20-6-12(14)15)5-8-2-3-9-10(4-8)19-7-18-9/h2-4,11H,5-7H2,1H3,(H,14,15).